The van der Waals surface area contributed by atoms with Gasteiger partial charge in [0.1, 0.15) is 24.4 Å². The van der Waals surface area contributed by atoms with Gasteiger partial charge in [-0.1, -0.05) is 13.3 Å². The lowest BCUT2D eigenvalue weighted by atomic mass is 10.2. The highest BCUT2D eigenvalue weighted by Crippen LogP contribution is 2.07. The standard InChI is InChI=1S/C21H44O14/c1-2-3-15(25)7-32-14-21(35-20(29)6-24)34-13-19(12-31-9-17(27)5-23)33-11-18(28)10-30-8-16(26)4-22/h15-29H,2-14H2,1H3. The highest BCUT2D eigenvalue weighted by molar-refractivity contribution is 4.62. The Labute approximate surface area is 205 Å². The maximum atomic E-state index is 10.00. The van der Waals surface area contributed by atoms with Crippen LogP contribution in [0.15, 0.2) is 0 Å². The lowest BCUT2D eigenvalue weighted by molar-refractivity contribution is -0.262. The molecule has 0 aromatic rings. The molecule has 0 saturated carbocycles. The highest BCUT2D eigenvalue weighted by Gasteiger charge is 2.21. The molecular formula is C21H44O14. The van der Waals surface area contributed by atoms with Crippen molar-refractivity contribution >= 4 is 0 Å². The van der Waals surface area contributed by atoms with Crippen LogP contribution in [0.4, 0.5) is 0 Å². The second-order valence-electron chi connectivity index (χ2n) is 7.87. The van der Waals surface area contributed by atoms with Crippen LogP contribution in [0.5, 0.6) is 0 Å². The third kappa shape index (κ3) is 20.2. The van der Waals surface area contributed by atoms with E-state index in [-0.39, 0.29) is 52.9 Å². The highest BCUT2D eigenvalue weighted by atomic mass is 16.7. The van der Waals surface area contributed by atoms with Crippen molar-refractivity contribution in [3.63, 3.8) is 0 Å². The van der Waals surface area contributed by atoms with E-state index < -0.39 is 62.9 Å². The molecule has 0 aromatic carbocycles. The van der Waals surface area contributed by atoms with Crippen molar-refractivity contribution in [2.24, 2.45) is 0 Å². The summed E-state index contributed by atoms with van der Waals surface area (Å²) in [6.07, 6.45) is -6.04. The predicted molar refractivity (Wildman–Crippen MR) is 119 cm³/mol. The largest absolute Gasteiger partial charge is 0.394 e. The summed E-state index contributed by atoms with van der Waals surface area (Å²) in [6, 6.07) is 0. The zero-order valence-corrected chi connectivity index (χ0v) is 20.3. The van der Waals surface area contributed by atoms with E-state index in [1.807, 2.05) is 6.92 Å². The van der Waals surface area contributed by atoms with E-state index >= 15 is 0 Å². The molecule has 8 N–H and O–H groups in total. The Bertz CT molecular complexity index is 460. The average molecular weight is 521 g/mol. The molecule has 0 spiro atoms. The number of aliphatic hydroxyl groups is 8. The Kier molecular flexibility index (Phi) is 22.3. The fourth-order valence-corrected chi connectivity index (χ4v) is 2.50. The Morgan fingerprint density at radius 3 is 1.66 bits per heavy atom. The molecule has 0 aliphatic heterocycles. The van der Waals surface area contributed by atoms with E-state index in [2.05, 4.69) is 0 Å². The molecule has 0 aliphatic rings. The fraction of sp³-hybridized carbons (Fsp3) is 1.00. The van der Waals surface area contributed by atoms with Gasteiger partial charge in [0, 0.05) is 0 Å². The van der Waals surface area contributed by atoms with Gasteiger partial charge in [0.15, 0.2) is 12.6 Å². The van der Waals surface area contributed by atoms with E-state index in [0.717, 1.165) is 6.42 Å². The van der Waals surface area contributed by atoms with Crippen molar-refractivity contribution in [1.82, 2.24) is 0 Å². The van der Waals surface area contributed by atoms with Crippen molar-refractivity contribution in [2.75, 3.05) is 72.7 Å². The van der Waals surface area contributed by atoms with Gasteiger partial charge in [0.05, 0.1) is 78.8 Å². The van der Waals surface area contributed by atoms with Crippen molar-refractivity contribution in [3.05, 3.63) is 0 Å². The van der Waals surface area contributed by atoms with Crippen LogP contribution in [-0.2, 0) is 28.4 Å². The number of aliphatic hydroxyl groups excluding tert-OH is 8. The van der Waals surface area contributed by atoms with Crippen molar-refractivity contribution in [3.8, 4) is 0 Å². The Morgan fingerprint density at radius 2 is 1.09 bits per heavy atom. The molecule has 7 atom stereocenters. The van der Waals surface area contributed by atoms with Crippen LogP contribution in [0.3, 0.4) is 0 Å². The van der Waals surface area contributed by atoms with Crippen LogP contribution in [0, 0.1) is 0 Å². The number of hydrogen-bond acceptors (Lipinski definition) is 14. The van der Waals surface area contributed by atoms with Gasteiger partial charge in [-0.25, -0.2) is 0 Å². The van der Waals surface area contributed by atoms with Crippen LogP contribution in [0.25, 0.3) is 0 Å². The Balaban J connectivity index is 4.77. The van der Waals surface area contributed by atoms with Crippen molar-refractivity contribution in [1.29, 1.82) is 0 Å². The predicted octanol–water partition coefficient (Wildman–Crippen LogP) is -3.68. The van der Waals surface area contributed by atoms with E-state index in [1.54, 1.807) is 0 Å². The van der Waals surface area contributed by atoms with E-state index in [1.165, 1.54) is 0 Å². The van der Waals surface area contributed by atoms with Crippen LogP contribution in [-0.4, -0.2) is 157 Å². The quantitative estimate of drug-likeness (QED) is 0.0544. The van der Waals surface area contributed by atoms with Gasteiger partial charge in [0.2, 0.25) is 0 Å². The third-order valence-electron chi connectivity index (χ3n) is 4.30. The zero-order valence-electron chi connectivity index (χ0n) is 20.3. The number of hydrogen-bond donors (Lipinski definition) is 8. The molecule has 0 radical (unpaired) electrons. The monoisotopic (exact) mass is 520 g/mol. The summed E-state index contributed by atoms with van der Waals surface area (Å²) in [5, 5.41) is 74.7. The van der Waals surface area contributed by atoms with Gasteiger partial charge >= 0.3 is 0 Å². The summed E-state index contributed by atoms with van der Waals surface area (Å²) in [4.78, 5) is 0. The number of rotatable bonds is 25. The maximum Gasteiger partial charge on any atom is 0.184 e. The minimum atomic E-state index is -1.53. The minimum absolute atomic E-state index is 0.0194. The molecule has 0 amide bonds. The molecule has 212 valence electrons. The van der Waals surface area contributed by atoms with Crippen molar-refractivity contribution < 1.29 is 69.3 Å². The molecule has 0 rings (SSSR count). The zero-order chi connectivity index (χ0) is 26.5. The van der Waals surface area contributed by atoms with Gasteiger partial charge in [-0.2, -0.15) is 0 Å². The lowest BCUT2D eigenvalue weighted by Crippen LogP contribution is -2.37. The first-order valence-electron chi connectivity index (χ1n) is 11.6. The first-order valence-corrected chi connectivity index (χ1v) is 11.6. The molecule has 0 heterocycles. The van der Waals surface area contributed by atoms with Crippen LogP contribution < -0.4 is 0 Å². The lowest BCUT2D eigenvalue weighted by Gasteiger charge is -2.25. The molecule has 7 unspecified atom stereocenters. The summed E-state index contributed by atoms with van der Waals surface area (Å²) in [5.41, 5.74) is 0. The number of ether oxygens (including phenoxy) is 6. The summed E-state index contributed by atoms with van der Waals surface area (Å²) < 4.78 is 32.0. The maximum absolute atomic E-state index is 10.00. The summed E-state index contributed by atoms with van der Waals surface area (Å²) in [5.74, 6) is 0. The topological polar surface area (TPSA) is 217 Å². The van der Waals surface area contributed by atoms with Crippen molar-refractivity contribution in [2.45, 2.75) is 62.9 Å². The minimum Gasteiger partial charge on any atom is -0.394 e. The molecule has 0 aliphatic carbocycles. The average Bonchev–Trinajstić information content (AvgIpc) is 2.84. The molecule has 14 nitrogen and oxygen atoms in total. The smallest absolute Gasteiger partial charge is 0.184 e. The van der Waals surface area contributed by atoms with Crippen LogP contribution in [0.2, 0.25) is 0 Å². The second-order valence-corrected chi connectivity index (χ2v) is 7.87. The first-order chi connectivity index (χ1) is 16.7. The Morgan fingerprint density at radius 1 is 0.543 bits per heavy atom. The van der Waals surface area contributed by atoms with Gasteiger partial charge in [0.25, 0.3) is 0 Å². The summed E-state index contributed by atoms with van der Waals surface area (Å²) in [7, 11) is 0. The molecule has 0 fully saturated rings. The molecule has 14 heteroatoms. The second kappa shape index (κ2) is 22.6. The van der Waals surface area contributed by atoms with E-state index in [4.69, 9.17) is 43.7 Å². The fourth-order valence-electron chi connectivity index (χ4n) is 2.50. The third-order valence-corrected chi connectivity index (χ3v) is 4.30. The molecule has 0 aromatic heterocycles. The molecule has 35 heavy (non-hydrogen) atoms. The summed E-state index contributed by atoms with van der Waals surface area (Å²) >= 11 is 0. The molecule has 0 bridgehead atoms. The van der Waals surface area contributed by atoms with Crippen LogP contribution >= 0.6 is 0 Å². The van der Waals surface area contributed by atoms with Gasteiger partial charge < -0.3 is 69.3 Å². The molecular weight excluding hydrogens is 476 g/mol. The van der Waals surface area contributed by atoms with Gasteiger partial charge in [-0.15, -0.1) is 0 Å². The first kappa shape index (κ1) is 34.4. The van der Waals surface area contributed by atoms with Gasteiger partial charge in [-0.3, -0.25) is 0 Å². The summed E-state index contributed by atoms with van der Waals surface area (Å²) in [6.45, 7) is -0.872. The molecule has 0 saturated heterocycles. The van der Waals surface area contributed by atoms with E-state index in [9.17, 15) is 25.5 Å². The SMILES string of the molecule is CCCC(O)COCC(OCC(COCC(O)CO)OCC(O)COCC(O)CO)OC(O)CO. The Hall–Kier alpha value is -0.560. The van der Waals surface area contributed by atoms with Crippen LogP contribution in [0.1, 0.15) is 19.8 Å². The normalized spacial score (nSPS) is 18.1. The van der Waals surface area contributed by atoms with E-state index in [0.29, 0.717) is 6.42 Å². The van der Waals surface area contributed by atoms with Gasteiger partial charge in [-0.05, 0) is 6.42 Å².